The zero-order chi connectivity index (χ0) is 24.5. The van der Waals surface area contributed by atoms with Gasteiger partial charge in [0.25, 0.3) is 0 Å². The van der Waals surface area contributed by atoms with Crippen LogP contribution in [0.1, 0.15) is 57.9 Å². The molecule has 0 radical (unpaired) electrons. The largest absolute Gasteiger partial charge is 0.494 e. The van der Waals surface area contributed by atoms with E-state index in [4.69, 9.17) is 9.47 Å². The lowest BCUT2D eigenvalue weighted by Crippen LogP contribution is -2.50. The smallest absolute Gasteiger partial charge is 0.242 e. The first-order chi connectivity index (χ1) is 16.4. The van der Waals surface area contributed by atoms with Crippen molar-refractivity contribution in [3.63, 3.8) is 0 Å². The van der Waals surface area contributed by atoms with Crippen LogP contribution in [0.3, 0.4) is 0 Å². The second-order valence-electron chi connectivity index (χ2n) is 8.88. The first kappa shape index (κ1) is 23.7. The van der Waals surface area contributed by atoms with Crippen LogP contribution in [0.15, 0.2) is 60.8 Å². The number of rotatable bonds is 4. The molecule has 0 aliphatic carbocycles. The average Bonchev–Trinajstić information content (AvgIpc) is 3.04. The standard InChI is InChI=1S/C26H25FN2O3.C2H6/c1-4-31-17-11-12-19-23(14-17)32-25(2,3)16-26(19)18-8-5-6-10-22(18)29(24(26)30)15-21-20(27)9-7-13-28-21;1-2/h5-14H,4,15-16H2,1-3H3;1-2H3. The number of nitrogens with zero attached hydrogens (tertiary/aromatic N) is 2. The van der Waals surface area contributed by atoms with Crippen molar-refractivity contribution in [1.29, 1.82) is 0 Å². The van der Waals surface area contributed by atoms with Crippen LogP contribution in [-0.2, 0) is 16.8 Å². The van der Waals surface area contributed by atoms with Crippen molar-refractivity contribution in [3.05, 3.63) is 83.4 Å². The van der Waals surface area contributed by atoms with E-state index in [9.17, 15) is 9.18 Å². The van der Waals surface area contributed by atoms with E-state index < -0.39 is 16.8 Å². The number of hydrogen-bond acceptors (Lipinski definition) is 4. The van der Waals surface area contributed by atoms with Crippen LogP contribution in [0.5, 0.6) is 11.5 Å². The first-order valence-corrected chi connectivity index (χ1v) is 11.8. The maximum Gasteiger partial charge on any atom is 0.242 e. The van der Waals surface area contributed by atoms with E-state index in [2.05, 4.69) is 4.98 Å². The van der Waals surface area contributed by atoms with E-state index in [-0.39, 0.29) is 18.1 Å². The molecule has 5 nitrogen and oxygen atoms in total. The Balaban J connectivity index is 0.00000133. The van der Waals surface area contributed by atoms with Gasteiger partial charge in [0.15, 0.2) is 0 Å². The molecular weight excluding hydrogens is 431 g/mol. The number of halogens is 1. The first-order valence-electron chi connectivity index (χ1n) is 11.8. The van der Waals surface area contributed by atoms with Crippen molar-refractivity contribution in [2.45, 2.75) is 58.6 Å². The summed E-state index contributed by atoms with van der Waals surface area (Å²) in [6, 6.07) is 16.3. The third-order valence-electron chi connectivity index (χ3n) is 6.21. The SMILES string of the molecule is CC.CCOc1ccc2c(c1)OC(C)(C)CC21C(=O)N(Cc2ncccc2F)c2ccccc21. The van der Waals surface area contributed by atoms with Crippen LogP contribution in [-0.4, -0.2) is 23.1 Å². The molecule has 1 unspecified atom stereocenters. The highest BCUT2D eigenvalue weighted by molar-refractivity contribution is 6.11. The lowest BCUT2D eigenvalue weighted by molar-refractivity contribution is -0.124. The molecule has 6 heteroatoms. The molecule has 1 spiro atoms. The highest BCUT2D eigenvalue weighted by atomic mass is 19.1. The summed E-state index contributed by atoms with van der Waals surface area (Å²) >= 11 is 0. The van der Waals surface area contributed by atoms with Crippen LogP contribution >= 0.6 is 0 Å². The minimum absolute atomic E-state index is 0.0674. The average molecular weight is 463 g/mol. The number of para-hydroxylation sites is 1. The van der Waals surface area contributed by atoms with E-state index in [1.54, 1.807) is 17.2 Å². The number of aromatic nitrogens is 1. The lowest BCUT2D eigenvalue weighted by atomic mass is 9.67. The van der Waals surface area contributed by atoms with Gasteiger partial charge >= 0.3 is 0 Å². The summed E-state index contributed by atoms with van der Waals surface area (Å²) in [4.78, 5) is 20.0. The Hall–Kier alpha value is -3.41. The Kier molecular flexibility index (Phi) is 6.34. The fourth-order valence-electron chi connectivity index (χ4n) is 5.06. The molecule has 2 aliphatic heterocycles. The van der Waals surface area contributed by atoms with Crippen molar-refractivity contribution in [2.75, 3.05) is 11.5 Å². The maximum atomic E-state index is 14.4. The summed E-state index contributed by atoms with van der Waals surface area (Å²) in [6.45, 7) is 10.5. The predicted octanol–water partition coefficient (Wildman–Crippen LogP) is 6.04. The van der Waals surface area contributed by atoms with Crippen molar-refractivity contribution in [2.24, 2.45) is 0 Å². The summed E-state index contributed by atoms with van der Waals surface area (Å²) in [5, 5.41) is 0. The molecule has 5 rings (SSSR count). The second kappa shape index (κ2) is 9.09. The number of carbonyl (C=O) groups is 1. The highest BCUT2D eigenvalue weighted by Crippen LogP contribution is 2.56. The van der Waals surface area contributed by atoms with Gasteiger partial charge in [0.1, 0.15) is 28.3 Å². The van der Waals surface area contributed by atoms with Crippen molar-refractivity contribution in [3.8, 4) is 11.5 Å². The summed E-state index contributed by atoms with van der Waals surface area (Å²) in [6.07, 6.45) is 2.01. The monoisotopic (exact) mass is 462 g/mol. The third kappa shape index (κ3) is 3.81. The summed E-state index contributed by atoms with van der Waals surface area (Å²) in [7, 11) is 0. The molecule has 34 heavy (non-hydrogen) atoms. The molecule has 3 heterocycles. The molecule has 1 atom stereocenters. The van der Waals surface area contributed by atoms with E-state index in [1.807, 2.05) is 77.1 Å². The summed E-state index contributed by atoms with van der Waals surface area (Å²) in [5.74, 6) is 0.824. The quantitative estimate of drug-likeness (QED) is 0.474. The molecule has 3 aromatic rings. The fraction of sp³-hybridized carbons (Fsp3) is 0.357. The van der Waals surface area contributed by atoms with Crippen LogP contribution in [0.25, 0.3) is 0 Å². The van der Waals surface area contributed by atoms with Crippen LogP contribution in [0, 0.1) is 5.82 Å². The zero-order valence-electron chi connectivity index (χ0n) is 20.4. The van der Waals surface area contributed by atoms with Gasteiger partial charge < -0.3 is 14.4 Å². The number of ether oxygens (including phenoxy) is 2. The number of carbonyl (C=O) groups excluding carboxylic acids is 1. The number of pyridine rings is 1. The molecule has 0 N–H and O–H groups in total. The number of fused-ring (bicyclic) bond motifs is 4. The zero-order valence-corrected chi connectivity index (χ0v) is 20.4. The fourth-order valence-corrected chi connectivity index (χ4v) is 5.06. The molecule has 0 saturated heterocycles. The van der Waals surface area contributed by atoms with Crippen molar-refractivity contribution < 1.29 is 18.7 Å². The number of hydrogen-bond donors (Lipinski definition) is 0. The van der Waals surface area contributed by atoms with Crippen LogP contribution in [0.2, 0.25) is 0 Å². The van der Waals surface area contributed by atoms with Crippen molar-refractivity contribution in [1.82, 2.24) is 4.98 Å². The Labute approximate surface area is 200 Å². The van der Waals surface area contributed by atoms with Crippen molar-refractivity contribution >= 4 is 11.6 Å². The van der Waals surface area contributed by atoms with Gasteiger partial charge in [-0.2, -0.15) is 0 Å². The van der Waals surface area contributed by atoms with E-state index in [0.29, 0.717) is 24.5 Å². The normalized spacial score (nSPS) is 19.6. The van der Waals surface area contributed by atoms with Gasteiger partial charge in [0.05, 0.1) is 18.8 Å². The van der Waals surface area contributed by atoms with Crippen LogP contribution in [0.4, 0.5) is 10.1 Å². The molecule has 0 bridgehead atoms. The van der Waals surface area contributed by atoms with E-state index in [0.717, 1.165) is 16.8 Å². The molecule has 1 amide bonds. The van der Waals surface area contributed by atoms with Gasteiger partial charge in [-0.15, -0.1) is 0 Å². The number of amides is 1. The molecule has 2 aromatic carbocycles. The molecule has 0 saturated carbocycles. The van der Waals surface area contributed by atoms with E-state index >= 15 is 0 Å². The Morgan fingerprint density at radius 2 is 1.85 bits per heavy atom. The van der Waals surface area contributed by atoms with Gasteiger partial charge in [0, 0.05) is 29.9 Å². The Morgan fingerprint density at radius 3 is 2.59 bits per heavy atom. The topological polar surface area (TPSA) is 51.7 Å². The van der Waals surface area contributed by atoms with E-state index in [1.165, 1.54) is 6.07 Å². The van der Waals surface area contributed by atoms with Gasteiger partial charge in [-0.05, 0) is 50.6 Å². The minimum Gasteiger partial charge on any atom is -0.494 e. The van der Waals surface area contributed by atoms with Gasteiger partial charge in [0.2, 0.25) is 5.91 Å². The molecule has 178 valence electrons. The van der Waals surface area contributed by atoms with Gasteiger partial charge in [-0.25, -0.2) is 4.39 Å². The van der Waals surface area contributed by atoms with Gasteiger partial charge in [-0.3, -0.25) is 9.78 Å². The highest BCUT2D eigenvalue weighted by Gasteiger charge is 2.58. The molecule has 2 aliphatic rings. The number of benzene rings is 2. The minimum atomic E-state index is -0.927. The maximum absolute atomic E-state index is 14.4. The summed E-state index contributed by atoms with van der Waals surface area (Å²) in [5.41, 5.74) is 1.21. The molecular formula is C28H31FN2O3. The Bertz CT molecular complexity index is 1210. The van der Waals surface area contributed by atoms with Gasteiger partial charge in [-0.1, -0.05) is 38.1 Å². The molecule has 1 aromatic heterocycles. The third-order valence-corrected chi connectivity index (χ3v) is 6.21. The Morgan fingerprint density at radius 1 is 1.09 bits per heavy atom. The summed E-state index contributed by atoms with van der Waals surface area (Å²) < 4.78 is 26.4. The lowest BCUT2D eigenvalue weighted by Gasteiger charge is -2.43. The molecule has 0 fully saturated rings. The predicted molar refractivity (Wildman–Crippen MR) is 131 cm³/mol. The number of anilines is 1. The van der Waals surface area contributed by atoms with Crippen LogP contribution < -0.4 is 14.4 Å². The second-order valence-corrected chi connectivity index (χ2v) is 8.88.